The number of hydrogen-bond donors (Lipinski definition) is 0. The van der Waals surface area contributed by atoms with Gasteiger partial charge in [0.25, 0.3) is 0 Å². The van der Waals surface area contributed by atoms with Crippen molar-refractivity contribution in [3.8, 4) is 22.6 Å². The van der Waals surface area contributed by atoms with E-state index in [1.54, 1.807) is 25.8 Å². The zero-order chi connectivity index (χ0) is 19.3. The highest BCUT2D eigenvalue weighted by Gasteiger charge is 2.22. The molecule has 0 unspecified atom stereocenters. The molecule has 0 radical (unpaired) electrons. The zero-order valence-corrected chi connectivity index (χ0v) is 16.6. The molecule has 4 rings (SSSR count). The highest BCUT2D eigenvalue weighted by molar-refractivity contribution is 7.17. The first-order chi connectivity index (χ1) is 13.0. The van der Waals surface area contributed by atoms with Crippen LogP contribution in [0.1, 0.15) is 19.9 Å². The quantitative estimate of drug-likeness (QED) is 0.537. The minimum Gasteiger partial charge on any atom is -0.497 e. The molecule has 0 N–H and O–H groups in total. The van der Waals surface area contributed by atoms with E-state index in [2.05, 4.69) is 18.9 Å². The first kappa shape index (κ1) is 17.5. The molecule has 0 atom stereocenters. The van der Waals surface area contributed by atoms with Gasteiger partial charge in [-0.3, -0.25) is 9.36 Å². The van der Waals surface area contributed by atoms with E-state index in [1.807, 2.05) is 29.1 Å². The second-order valence-corrected chi connectivity index (χ2v) is 7.51. The molecular formula is C19H20N4O3S. The summed E-state index contributed by atoms with van der Waals surface area (Å²) in [4.78, 5) is 17.1. The molecular weight excluding hydrogens is 364 g/mol. The van der Waals surface area contributed by atoms with Gasteiger partial charge in [-0.05, 0) is 26.0 Å². The monoisotopic (exact) mass is 384 g/mol. The minimum atomic E-state index is -0.0528. The van der Waals surface area contributed by atoms with Crippen LogP contribution in [0.4, 0.5) is 0 Å². The summed E-state index contributed by atoms with van der Waals surface area (Å²) in [5.74, 6) is 1.38. The number of ether oxygens (including phenoxy) is 2. The van der Waals surface area contributed by atoms with Gasteiger partial charge in [-0.25, -0.2) is 9.67 Å². The van der Waals surface area contributed by atoms with E-state index in [9.17, 15) is 4.79 Å². The Morgan fingerprint density at radius 3 is 2.59 bits per heavy atom. The van der Waals surface area contributed by atoms with Gasteiger partial charge in [0, 0.05) is 35.7 Å². The van der Waals surface area contributed by atoms with Gasteiger partial charge in [0.1, 0.15) is 11.5 Å². The molecule has 7 nitrogen and oxygen atoms in total. The Labute approximate surface area is 159 Å². The zero-order valence-electron chi connectivity index (χ0n) is 15.8. The summed E-state index contributed by atoms with van der Waals surface area (Å²) in [6.07, 6.45) is 1.81. The van der Waals surface area contributed by atoms with Crippen LogP contribution in [0.3, 0.4) is 0 Å². The molecule has 4 aromatic rings. The number of aromatic nitrogens is 4. The van der Waals surface area contributed by atoms with Crippen LogP contribution in [-0.4, -0.2) is 33.6 Å². The molecule has 27 heavy (non-hydrogen) atoms. The van der Waals surface area contributed by atoms with E-state index in [-0.39, 0.29) is 10.9 Å². The van der Waals surface area contributed by atoms with E-state index >= 15 is 0 Å². The summed E-state index contributed by atoms with van der Waals surface area (Å²) in [5.41, 5.74) is 3.18. The Hall–Kier alpha value is -2.87. The van der Waals surface area contributed by atoms with Crippen molar-refractivity contribution in [1.29, 1.82) is 0 Å². The second-order valence-electron chi connectivity index (χ2n) is 6.55. The van der Waals surface area contributed by atoms with Crippen LogP contribution in [0.15, 0.2) is 29.2 Å². The third-order valence-corrected chi connectivity index (χ3v) is 5.67. The molecule has 0 aliphatic heterocycles. The standard InChI is InChI=1S/C19H20N4O3S/c1-10(2)23-17-13(9-20-23)15(16-18(21-17)22(3)19(24)27-16)12-7-6-11(25-4)8-14(12)26-5/h6-10H,1-5H3. The number of methoxy groups -OCH3 is 2. The molecule has 0 fully saturated rings. The number of thiazole rings is 1. The van der Waals surface area contributed by atoms with Gasteiger partial charge in [0.15, 0.2) is 11.3 Å². The average molecular weight is 384 g/mol. The van der Waals surface area contributed by atoms with Crippen LogP contribution in [0.25, 0.3) is 32.5 Å². The van der Waals surface area contributed by atoms with Crippen molar-refractivity contribution in [3.05, 3.63) is 34.1 Å². The molecule has 0 amide bonds. The van der Waals surface area contributed by atoms with Gasteiger partial charge in [-0.1, -0.05) is 11.3 Å². The number of pyridine rings is 1. The molecule has 0 aliphatic rings. The molecule has 0 aliphatic carbocycles. The summed E-state index contributed by atoms with van der Waals surface area (Å²) in [6.45, 7) is 4.11. The summed E-state index contributed by atoms with van der Waals surface area (Å²) in [7, 11) is 4.98. The van der Waals surface area contributed by atoms with E-state index < -0.39 is 0 Å². The second kappa shape index (κ2) is 6.38. The average Bonchev–Trinajstić information content (AvgIpc) is 3.21. The smallest absolute Gasteiger partial charge is 0.309 e. The summed E-state index contributed by atoms with van der Waals surface area (Å²) in [5, 5.41) is 5.42. The van der Waals surface area contributed by atoms with Crippen LogP contribution in [0.5, 0.6) is 11.5 Å². The fourth-order valence-corrected chi connectivity index (χ4v) is 4.24. The van der Waals surface area contributed by atoms with Crippen molar-refractivity contribution in [2.24, 2.45) is 7.05 Å². The molecule has 8 heteroatoms. The van der Waals surface area contributed by atoms with E-state index in [4.69, 9.17) is 14.5 Å². The fraction of sp³-hybridized carbons (Fsp3) is 0.316. The molecule has 1 aromatic carbocycles. The summed E-state index contributed by atoms with van der Waals surface area (Å²) >= 11 is 1.18. The van der Waals surface area contributed by atoms with Crippen LogP contribution >= 0.6 is 11.3 Å². The molecule has 0 bridgehead atoms. The van der Waals surface area contributed by atoms with Gasteiger partial charge in [0.05, 0.1) is 25.1 Å². The number of benzene rings is 1. The highest BCUT2D eigenvalue weighted by Crippen LogP contribution is 2.42. The van der Waals surface area contributed by atoms with Gasteiger partial charge >= 0.3 is 4.87 Å². The molecule has 3 heterocycles. The number of hydrogen-bond acceptors (Lipinski definition) is 6. The highest BCUT2D eigenvalue weighted by atomic mass is 32.1. The molecule has 0 spiro atoms. The fourth-order valence-electron chi connectivity index (χ4n) is 3.25. The third-order valence-electron chi connectivity index (χ3n) is 4.63. The largest absolute Gasteiger partial charge is 0.497 e. The molecule has 0 saturated carbocycles. The topological polar surface area (TPSA) is 71.2 Å². The summed E-state index contributed by atoms with van der Waals surface area (Å²) in [6, 6.07) is 5.82. The van der Waals surface area contributed by atoms with Gasteiger partial charge in [-0.2, -0.15) is 5.10 Å². The van der Waals surface area contributed by atoms with Crippen molar-refractivity contribution < 1.29 is 9.47 Å². The number of aryl methyl sites for hydroxylation is 1. The lowest BCUT2D eigenvalue weighted by molar-refractivity contribution is 0.395. The van der Waals surface area contributed by atoms with Crippen LogP contribution in [0, 0.1) is 0 Å². The Balaban J connectivity index is 2.18. The Kier molecular flexibility index (Phi) is 4.15. The first-order valence-electron chi connectivity index (χ1n) is 8.55. The van der Waals surface area contributed by atoms with Crippen molar-refractivity contribution in [2.45, 2.75) is 19.9 Å². The lowest BCUT2D eigenvalue weighted by atomic mass is 10.0. The van der Waals surface area contributed by atoms with Crippen molar-refractivity contribution in [1.82, 2.24) is 19.3 Å². The van der Waals surface area contributed by atoms with Crippen molar-refractivity contribution in [3.63, 3.8) is 0 Å². The van der Waals surface area contributed by atoms with Crippen molar-refractivity contribution >= 4 is 32.7 Å². The number of fused-ring (bicyclic) bond motifs is 2. The van der Waals surface area contributed by atoms with E-state index in [0.717, 1.165) is 26.9 Å². The maximum Gasteiger partial charge on any atom is 0.309 e. The van der Waals surface area contributed by atoms with E-state index in [0.29, 0.717) is 17.1 Å². The van der Waals surface area contributed by atoms with Crippen LogP contribution in [0.2, 0.25) is 0 Å². The minimum absolute atomic E-state index is 0.0528. The van der Waals surface area contributed by atoms with E-state index in [1.165, 1.54) is 11.3 Å². The Bertz CT molecular complexity index is 1220. The Morgan fingerprint density at radius 2 is 1.93 bits per heavy atom. The first-order valence-corrected chi connectivity index (χ1v) is 9.37. The normalized spacial score (nSPS) is 11.6. The predicted octanol–water partition coefficient (Wildman–Crippen LogP) is 3.61. The molecule has 0 saturated heterocycles. The van der Waals surface area contributed by atoms with Gasteiger partial charge in [0.2, 0.25) is 0 Å². The van der Waals surface area contributed by atoms with Gasteiger partial charge < -0.3 is 9.47 Å². The predicted molar refractivity (Wildman–Crippen MR) is 107 cm³/mol. The van der Waals surface area contributed by atoms with Gasteiger partial charge in [-0.15, -0.1) is 0 Å². The third kappa shape index (κ3) is 2.59. The number of nitrogens with zero attached hydrogens (tertiary/aromatic N) is 4. The lowest BCUT2D eigenvalue weighted by Gasteiger charge is -2.13. The van der Waals surface area contributed by atoms with Crippen LogP contribution < -0.4 is 14.3 Å². The van der Waals surface area contributed by atoms with Crippen molar-refractivity contribution in [2.75, 3.05) is 14.2 Å². The SMILES string of the molecule is COc1ccc(-c2c3cnn(C(C)C)c3nc3c2sc(=O)n3C)c(OC)c1. The lowest BCUT2D eigenvalue weighted by Crippen LogP contribution is -2.08. The Morgan fingerprint density at radius 1 is 1.15 bits per heavy atom. The molecule has 140 valence electrons. The number of rotatable bonds is 4. The molecule has 3 aromatic heterocycles. The maximum absolute atomic E-state index is 12.4. The summed E-state index contributed by atoms with van der Waals surface area (Å²) < 4.78 is 15.2. The van der Waals surface area contributed by atoms with Crippen LogP contribution in [-0.2, 0) is 7.05 Å². The maximum atomic E-state index is 12.4.